The summed E-state index contributed by atoms with van der Waals surface area (Å²) in [6.07, 6.45) is 0. The van der Waals surface area contributed by atoms with Crippen LogP contribution in [-0.4, -0.2) is 99.1 Å². The number of aromatic nitrogens is 6. The normalized spacial score (nSPS) is 19.7. The van der Waals surface area contributed by atoms with Crippen LogP contribution in [0.5, 0.6) is 0 Å². The summed E-state index contributed by atoms with van der Waals surface area (Å²) in [5, 5.41) is 27.6. The molecule has 1 unspecified atom stereocenters. The number of nitrogens with two attached hydrogens (primary N) is 2. The van der Waals surface area contributed by atoms with Gasteiger partial charge in [-0.1, -0.05) is 16.9 Å². The van der Waals surface area contributed by atoms with Crippen molar-refractivity contribution in [3.63, 3.8) is 0 Å². The van der Waals surface area contributed by atoms with Crippen LogP contribution in [0, 0.1) is 0 Å². The van der Waals surface area contributed by atoms with E-state index in [0.29, 0.717) is 29.6 Å². The van der Waals surface area contributed by atoms with Gasteiger partial charge >= 0.3 is 5.97 Å². The number of carboxylic acid groups (broad SMARTS) is 1. The van der Waals surface area contributed by atoms with E-state index in [2.05, 4.69) is 35.4 Å². The van der Waals surface area contributed by atoms with Gasteiger partial charge in [-0.05, 0) is 22.9 Å². The molecule has 0 aliphatic carbocycles. The fraction of sp³-hybridized carbons (Fsp3) is 0.471. The number of hydrogen-bond donors (Lipinski definition) is 4. The molecule has 0 bridgehead atoms. The van der Waals surface area contributed by atoms with Crippen LogP contribution in [0.3, 0.4) is 0 Å². The van der Waals surface area contributed by atoms with Crippen molar-refractivity contribution in [3.8, 4) is 0 Å². The molecule has 6 N–H and O–H groups in total. The maximum absolute atomic E-state index is 13.0. The van der Waals surface area contributed by atoms with Crippen LogP contribution in [0.25, 0.3) is 0 Å². The molecule has 2 atom stereocenters. The van der Waals surface area contributed by atoms with Gasteiger partial charge in [0.2, 0.25) is 16.7 Å². The molecule has 4 rings (SSSR count). The number of carboxylic acids is 1. The van der Waals surface area contributed by atoms with Crippen LogP contribution < -0.4 is 16.8 Å². The number of aliphatic carboxylic acids is 1. The number of β-lactam (4-membered cyclic amide) rings is 1. The number of hydrogen-bond acceptors (Lipinski definition) is 15. The number of fused-ring (bicyclic) bond motifs is 1. The molecule has 2 aromatic heterocycles. The SMILES string of the molecule is CCO/N=C(\C(=O)NC1C(=O)N2C(C(=O)O)=C(CSc3nnnn3CCN)CS[C@@H]12)c1nsc(N)n1. The quantitative estimate of drug-likeness (QED) is 0.105. The number of amides is 2. The van der Waals surface area contributed by atoms with E-state index in [1.807, 2.05) is 0 Å². The van der Waals surface area contributed by atoms with E-state index < -0.39 is 29.2 Å². The fourth-order valence-electron chi connectivity index (χ4n) is 3.36. The Morgan fingerprint density at radius 1 is 1.42 bits per heavy atom. The number of nitrogens with zero attached hydrogens (tertiary/aromatic N) is 8. The minimum absolute atomic E-state index is 0.0363. The zero-order chi connectivity index (χ0) is 25.8. The number of carbonyl (C=O) groups excluding carboxylic acids is 2. The van der Waals surface area contributed by atoms with Crippen LogP contribution in [-0.2, 0) is 25.8 Å². The summed E-state index contributed by atoms with van der Waals surface area (Å²) in [6, 6.07) is -0.967. The van der Waals surface area contributed by atoms with Crippen molar-refractivity contribution in [3.05, 3.63) is 17.1 Å². The van der Waals surface area contributed by atoms with Gasteiger partial charge in [0.15, 0.2) is 5.13 Å². The standard InChI is InChI=1S/C17H21N11O5S3/c1-2-33-23-8(11-21-16(19)36-24-11)12(29)20-9-13(30)28-10(15(31)32)7(5-34-14(9)28)6-35-17-22-25-26-27(17)4-3-18/h9,14H,2-6,18H2,1H3,(H,20,29)(H,31,32)(H2,19,21,24)/b23-8-/t9?,14-/m0/s1. The summed E-state index contributed by atoms with van der Waals surface area (Å²) in [7, 11) is 0. The molecule has 0 spiro atoms. The Bertz CT molecular complexity index is 1230. The Labute approximate surface area is 216 Å². The molecule has 36 heavy (non-hydrogen) atoms. The molecule has 2 amide bonds. The minimum atomic E-state index is -1.24. The highest BCUT2D eigenvalue weighted by atomic mass is 32.2. The fourth-order valence-corrected chi connectivity index (χ4v) is 6.19. The van der Waals surface area contributed by atoms with Crippen molar-refractivity contribution in [1.82, 2.24) is 39.8 Å². The number of carbonyl (C=O) groups is 3. The van der Waals surface area contributed by atoms with Gasteiger partial charge < -0.3 is 26.7 Å². The van der Waals surface area contributed by atoms with Crippen molar-refractivity contribution < 1.29 is 24.3 Å². The second-order valence-electron chi connectivity index (χ2n) is 7.19. The first-order valence-electron chi connectivity index (χ1n) is 10.4. The number of rotatable bonds is 11. The van der Waals surface area contributed by atoms with E-state index in [9.17, 15) is 19.5 Å². The Morgan fingerprint density at radius 2 is 2.22 bits per heavy atom. The third-order valence-electron chi connectivity index (χ3n) is 4.91. The first-order chi connectivity index (χ1) is 17.3. The lowest BCUT2D eigenvalue weighted by Gasteiger charge is -2.49. The van der Waals surface area contributed by atoms with Crippen LogP contribution in [0.4, 0.5) is 5.13 Å². The maximum atomic E-state index is 13.0. The lowest BCUT2D eigenvalue weighted by molar-refractivity contribution is -0.150. The van der Waals surface area contributed by atoms with Gasteiger partial charge in [-0.25, -0.2) is 9.48 Å². The van der Waals surface area contributed by atoms with Crippen molar-refractivity contribution in [2.75, 3.05) is 30.4 Å². The topological polar surface area (TPSA) is 230 Å². The predicted molar refractivity (Wildman–Crippen MR) is 130 cm³/mol. The Kier molecular flexibility index (Phi) is 8.01. The second kappa shape index (κ2) is 11.2. The summed E-state index contributed by atoms with van der Waals surface area (Å²) < 4.78 is 5.49. The van der Waals surface area contributed by atoms with Crippen molar-refractivity contribution in [1.29, 1.82) is 0 Å². The van der Waals surface area contributed by atoms with Crippen molar-refractivity contribution in [2.24, 2.45) is 10.9 Å². The number of anilines is 1. The van der Waals surface area contributed by atoms with Crippen LogP contribution in [0.15, 0.2) is 21.6 Å². The molecule has 0 saturated carbocycles. The predicted octanol–water partition coefficient (Wildman–Crippen LogP) is -1.66. The lowest BCUT2D eigenvalue weighted by Crippen LogP contribution is -2.71. The first-order valence-corrected chi connectivity index (χ1v) is 13.3. The third-order valence-corrected chi connectivity index (χ3v) is 7.83. The zero-order valence-electron chi connectivity index (χ0n) is 18.7. The third kappa shape index (κ3) is 5.13. The molecule has 2 aliphatic heterocycles. The Morgan fingerprint density at radius 3 is 2.89 bits per heavy atom. The lowest BCUT2D eigenvalue weighted by atomic mass is 10.0. The number of oxime groups is 1. The second-order valence-corrected chi connectivity index (χ2v) is 10.0. The van der Waals surface area contributed by atoms with E-state index in [1.54, 1.807) is 6.92 Å². The van der Waals surface area contributed by atoms with Crippen molar-refractivity contribution >= 4 is 63.7 Å². The highest BCUT2D eigenvalue weighted by Gasteiger charge is 2.54. The molecule has 1 fully saturated rings. The molecule has 0 aromatic carbocycles. The molecule has 0 radical (unpaired) electrons. The molecule has 192 valence electrons. The molecule has 2 aromatic rings. The smallest absolute Gasteiger partial charge is 0.352 e. The molecule has 16 nitrogen and oxygen atoms in total. The Hall–Kier alpha value is -3.29. The average Bonchev–Trinajstić information content (AvgIpc) is 3.49. The summed E-state index contributed by atoms with van der Waals surface area (Å²) in [6.45, 7) is 2.64. The van der Waals surface area contributed by atoms with E-state index in [0.717, 1.165) is 11.5 Å². The monoisotopic (exact) mass is 555 g/mol. The van der Waals surface area contributed by atoms with Gasteiger partial charge in [-0.2, -0.15) is 9.36 Å². The molecule has 4 heterocycles. The van der Waals surface area contributed by atoms with E-state index in [1.165, 1.54) is 33.1 Å². The Balaban J connectivity index is 1.48. The summed E-state index contributed by atoms with van der Waals surface area (Å²) in [5.74, 6) is -1.99. The molecular weight excluding hydrogens is 534 g/mol. The zero-order valence-corrected chi connectivity index (χ0v) is 21.2. The van der Waals surface area contributed by atoms with Crippen molar-refractivity contribution in [2.45, 2.75) is 30.0 Å². The number of nitrogens with one attached hydrogen (secondary N) is 1. The molecule has 19 heteroatoms. The van der Waals surface area contributed by atoms with E-state index in [-0.39, 0.29) is 34.7 Å². The summed E-state index contributed by atoms with van der Waals surface area (Å²) >= 11 is 3.46. The van der Waals surface area contributed by atoms with Crippen LogP contribution in [0.2, 0.25) is 0 Å². The largest absolute Gasteiger partial charge is 0.477 e. The van der Waals surface area contributed by atoms with Crippen LogP contribution in [0.1, 0.15) is 12.7 Å². The first kappa shape index (κ1) is 25.8. The van der Waals surface area contributed by atoms with Gasteiger partial charge in [0.05, 0.1) is 6.54 Å². The van der Waals surface area contributed by atoms with E-state index >= 15 is 0 Å². The number of nitrogen functional groups attached to an aromatic ring is 1. The van der Waals surface area contributed by atoms with Gasteiger partial charge in [0.1, 0.15) is 23.7 Å². The van der Waals surface area contributed by atoms with Crippen LogP contribution >= 0.6 is 35.1 Å². The maximum Gasteiger partial charge on any atom is 0.352 e. The number of tetrazole rings is 1. The van der Waals surface area contributed by atoms with E-state index in [4.69, 9.17) is 16.3 Å². The highest BCUT2D eigenvalue weighted by Crippen LogP contribution is 2.41. The minimum Gasteiger partial charge on any atom is -0.477 e. The summed E-state index contributed by atoms with van der Waals surface area (Å²) in [5.41, 5.74) is 11.3. The van der Waals surface area contributed by atoms with Gasteiger partial charge in [-0.3, -0.25) is 14.5 Å². The average molecular weight is 556 g/mol. The highest BCUT2D eigenvalue weighted by molar-refractivity contribution is 8.01. The molecule has 1 saturated heterocycles. The number of thioether (sulfide) groups is 2. The molecular formula is C17H21N11O5S3. The van der Waals surface area contributed by atoms with Gasteiger partial charge in [-0.15, -0.1) is 16.9 Å². The molecule has 2 aliphatic rings. The summed E-state index contributed by atoms with van der Waals surface area (Å²) in [4.78, 5) is 48.1. The van der Waals surface area contributed by atoms with Gasteiger partial charge in [0.25, 0.3) is 11.8 Å². The van der Waals surface area contributed by atoms with Gasteiger partial charge in [0, 0.05) is 29.6 Å².